The molecule has 1 saturated heterocycles. The van der Waals surface area contributed by atoms with Gasteiger partial charge in [-0.05, 0) is 6.07 Å². The lowest BCUT2D eigenvalue weighted by Crippen LogP contribution is -2.46. The summed E-state index contributed by atoms with van der Waals surface area (Å²) in [5.74, 6) is -0.197. The maximum Gasteiger partial charge on any atom is 0.252 e. The van der Waals surface area contributed by atoms with Gasteiger partial charge < -0.3 is 15.6 Å². The van der Waals surface area contributed by atoms with E-state index in [2.05, 4.69) is 20.5 Å². The fourth-order valence-electron chi connectivity index (χ4n) is 2.75. The Morgan fingerprint density at radius 2 is 1.96 bits per heavy atom. The molecule has 2 aromatic rings. The fourth-order valence-corrected chi connectivity index (χ4v) is 2.75. The molecule has 0 bridgehead atoms. The van der Waals surface area contributed by atoms with E-state index >= 15 is 0 Å². The first kappa shape index (κ1) is 17.5. The van der Waals surface area contributed by atoms with Crippen LogP contribution < -0.4 is 16.2 Å². The number of rotatable bonds is 4. The summed E-state index contributed by atoms with van der Waals surface area (Å²) in [6.45, 7) is 5.40. The van der Waals surface area contributed by atoms with E-state index in [1.165, 1.54) is 6.07 Å². The number of aromatic nitrogens is 1. The fraction of sp³-hybridized carbons (Fsp3) is 0.375. The predicted molar refractivity (Wildman–Crippen MR) is 93.5 cm³/mol. The van der Waals surface area contributed by atoms with Gasteiger partial charge in [0.2, 0.25) is 5.56 Å². The molecule has 1 aliphatic rings. The number of carbonyl (C=O) groups excluding carboxylic acids is 1. The maximum absolute atomic E-state index is 12.4. The second kappa shape index (κ2) is 8.10. The third kappa shape index (κ3) is 4.31. The molecule has 0 unspecified atom stereocenters. The van der Waals surface area contributed by atoms with Gasteiger partial charge in [-0.15, -0.1) is 12.4 Å². The van der Waals surface area contributed by atoms with Crippen LogP contribution in [0, 0.1) is 0 Å². The summed E-state index contributed by atoms with van der Waals surface area (Å²) < 4.78 is 0. The molecule has 0 aliphatic carbocycles. The van der Waals surface area contributed by atoms with Crippen molar-refractivity contribution in [2.75, 3.05) is 39.3 Å². The molecule has 1 amide bonds. The lowest BCUT2D eigenvalue weighted by molar-refractivity contribution is 0.0948. The second-order valence-corrected chi connectivity index (χ2v) is 5.44. The van der Waals surface area contributed by atoms with Crippen molar-refractivity contribution < 1.29 is 4.79 Å². The summed E-state index contributed by atoms with van der Waals surface area (Å²) in [6.07, 6.45) is 0. The number of halogens is 1. The smallest absolute Gasteiger partial charge is 0.252 e. The Kier molecular flexibility index (Phi) is 6.15. The Balaban J connectivity index is 0.00000192. The van der Waals surface area contributed by atoms with Crippen LogP contribution in [-0.4, -0.2) is 55.1 Å². The molecule has 7 heteroatoms. The van der Waals surface area contributed by atoms with E-state index in [0.29, 0.717) is 17.6 Å². The van der Waals surface area contributed by atoms with Gasteiger partial charge in [-0.2, -0.15) is 0 Å². The third-order valence-corrected chi connectivity index (χ3v) is 3.92. The maximum atomic E-state index is 12.4. The predicted octanol–water partition coefficient (Wildman–Crippen LogP) is 0.585. The second-order valence-electron chi connectivity index (χ2n) is 5.44. The number of hydrogen-bond acceptors (Lipinski definition) is 4. The number of carbonyl (C=O) groups is 1. The van der Waals surface area contributed by atoms with Crippen LogP contribution in [0.1, 0.15) is 10.4 Å². The van der Waals surface area contributed by atoms with Crippen LogP contribution in [0.5, 0.6) is 0 Å². The molecule has 1 aromatic carbocycles. The molecule has 0 atom stereocenters. The van der Waals surface area contributed by atoms with Crippen LogP contribution in [0.3, 0.4) is 0 Å². The average molecular weight is 337 g/mol. The van der Waals surface area contributed by atoms with Crippen molar-refractivity contribution in [1.82, 2.24) is 20.5 Å². The number of hydrogen-bond donors (Lipinski definition) is 3. The summed E-state index contributed by atoms with van der Waals surface area (Å²) in [5, 5.41) is 6.98. The topological polar surface area (TPSA) is 77.2 Å². The van der Waals surface area contributed by atoms with Crippen LogP contribution >= 0.6 is 12.4 Å². The van der Waals surface area contributed by atoms with Gasteiger partial charge in [0.1, 0.15) is 0 Å². The molecular weight excluding hydrogens is 316 g/mol. The van der Waals surface area contributed by atoms with Crippen molar-refractivity contribution in [2.45, 2.75) is 0 Å². The van der Waals surface area contributed by atoms with Crippen molar-refractivity contribution >= 4 is 29.2 Å². The highest BCUT2D eigenvalue weighted by Gasteiger charge is 2.13. The Bertz CT molecular complexity index is 725. The molecule has 1 aromatic heterocycles. The normalized spacial score (nSPS) is 15.1. The minimum Gasteiger partial charge on any atom is -0.351 e. The zero-order valence-corrected chi connectivity index (χ0v) is 13.6. The molecule has 0 saturated carbocycles. The van der Waals surface area contributed by atoms with E-state index in [1.54, 1.807) is 6.07 Å². The average Bonchev–Trinajstić information content (AvgIpc) is 2.55. The van der Waals surface area contributed by atoms with Gasteiger partial charge in [0.15, 0.2) is 0 Å². The summed E-state index contributed by atoms with van der Waals surface area (Å²) in [7, 11) is 0. The number of para-hydroxylation sites is 1. The molecular formula is C16H21ClN4O2. The van der Waals surface area contributed by atoms with Crippen LogP contribution in [-0.2, 0) is 0 Å². The van der Waals surface area contributed by atoms with Crippen molar-refractivity contribution in [1.29, 1.82) is 0 Å². The number of nitrogens with one attached hydrogen (secondary N) is 3. The number of H-pyrrole nitrogens is 1. The standard InChI is InChI=1S/C16H20N4O2.ClH/c21-15-11-13(12-3-1-2-4-14(12)19-15)16(22)18-7-10-20-8-5-17-6-9-20;/h1-4,11,17H,5-10H2,(H,18,22)(H,19,21);1H. The highest BCUT2D eigenvalue weighted by atomic mass is 35.5. The number of amides is 1. The van der Waals surface area contributed by atoms with Gasteiger partial charge in [0, 0.05) is 56.2 Å². The van der Waals surface area contributed by atoms with Gasteiger partial charge >= 0.3 is 0 Å². The molecule has 0 radical (unpaired) electrons. The SMILES string of the molecule is Cl.O=C(NCCN1CCNCC1)c1cc(=O)[nH]c2ccccc12. The van der Waals surface area contributed by atoms with E-state index < -0.39 is 0 Å². The van der Waals surface area contributed by atoms with Crippen molar-refractivity contribution in [3.63, 3.8) is 0 Å². The van der Waals surface area contributed by atoms with E-state index in [0.717, 1.165) is 38.1 Å². The van der Waals surface area contributed by atoms with Crippen molar-refractivity contribution in [2.24, 2.45) is 0 Å². The highest BCUT2D eigenvalue weighted by Crippen LogP contribution is 2.14. The largest absolute Gasteiger partial charge is 0.351 e. The minimum atomic E-state index is -0.258. The molecule has 23 heavy (non-hydrogen) atoms. The Labute approximate surface area is 140 Å². The van der Waals surface area contributed by atoms with E-state index in [4.69, 9.17) is 0 Å². The van der Waals surface area contributed by atoms with Crippen LogP contribution in [0.25, 0.3) is 10.9 Å². The van der Waals surface area contributed by atoms with E-state index in [-0.39, 0.29) is 23.9 Å². The Hall–Kier alpha value is -1.89. The first-order valence-electron chi connectivity index (χ1n) is 7.57. The minimum absolute atomic E-state index is 0. The number of nitrogens with zero attached hydrogens (tertiary/aromatic N) is 1. The lowest BCUT2D eigenvalue weighted by Gasteiger charge is -2.27. The molecule has 3 N–H and O–H groups in total. The van der Waals surface area contributed by atoms with Crippen molar-refractivity contribution in [3.8, 4) is 0 Å². The first-order valence-corrected chi connectivity index (χ1v) is 7.57. The van der Waals surface area contributed by atoms with Crippen molar-refractivity contribution in [3.05, 3.63) is 46.2 Å². The quantitative estimate of drug-likeness (QED) is 0.763. The summed E-state index contributed by atoms with van der Waals surface area (Å²) in [6, 6.07) is 8.70. The van der Waals surface area contributed by atoms with Gasteiger partial charge in [-0.3, -0.25) is 14.5 Å². The van der Waals surface area contributed by atoms with E-state index in [1.807, 2.05) is 18.2 Å². The van der Waals surface area contributed by atoms with Crippen LogP contribution in [0.15, 0.2) is 35.1 Å². The molecule has 1 fully saturated rings. The Morgan fingerprint density at radius 1 is 1.22 bits per heavy atom. The van der Waals surface area contributed by atoms with E-state index in [9.17, 15) is 9.59 Å². The molecule has 2 heterocycles. The zero-order chi connectivity index (χ0) is 15.4. The number of pyridine rings is 1. The molecule has 6 nitrogen and oxygen atoms in total. The van der Waals surface area contributed by atoms with Gasteiger partial charge in [0.25, 0.3) is 5.91 Å². The molecule has 0 spiro atoms. The summed E-state index contributed by atoms with van der Waals surface area (Å²) in [5.41, 5.74) is 0.855. The monoisotopic (exact) mass is 336 g/mol. The zero-order valence-electron chi connectivity index (χ0n) is 12.8. The number of fused-ring (bicyclic) bond motifs is 1. The summed E-state index contributed by atoms with van der Waals surface area (Å²) in [4.78, 5) is 29.1. The summed E-state index contributed by atoms with van der Waals surface area (Å²) >= 11 is 0. The molecule has 124 valence electrons. The third-order valence-electron chi connectivity index (χ3n) is 3.92. The van der Waals surface area contributed by atoms with Crippen LogP contribution in [0.4, 0.5) is 0 Å². The number of benzene rings is 1. The Morgan fingerprint density at radius 3 is 2.74 bits per heavy atom. The van der Waals surface area contributed by atoms with Crippen LogP contribution in [0.2, 0.25) is 0 Å². The number of aromatic amines is 1. The van der Waals surface area contributed by atoms with Gasteiger partial charge in [-0.1, -0.05) is 18.2 Å². The lowest BCUT2D eigenvalue weighted by atomic mass is 10.1. The van der Waals surface area contributed by atoms with Gasteiger partial charge in [-0.25, -0.2) is 0 Å². The molecule has 1 aliphatic heterocycles. The first-order chi connectivity index (χ1) is 10.7. The van der Waals surface area contributed by atoms with Gasteiger partial charge in [0.05, 0.1) is 5.56 Å². The number of piperazine rings is 1. The highest BCUT2D eigenvalue weighted by molar-refractivity contribution is 6.05. The molecule has 3 rings (SSSR count).